The Hall–Kier alpha value is -1.59. The quantitative estimate of drug-likeness (QED) is 0.0350. The summed E-state index contributed by atoms with van der Waals surface area (Å²) in [7, 11) is 0. The molecule has 0 aliphatic heterocycles. The number of rotatable bonds is 42. The van der Waals surface area contributed by atoms with Crippen LogP contribution in [0.25, 0.3) is 0 Å². The lowest BCUT2D eigenvalue weighted by Gasteiger charge is -2.18. The summed E-state index contributed by atoms with van der Waals surface area (Å²) < 4.78 is 16.6. The molecule has 1 atom stereocenters. The van der Waals surface area contributed by atoms with Crippen LogP contribution in [0, 0.1) is 11.8 Å². The maximum atomic E-state index is 12.6. The molecule has 0 aromatic carbocycles. The first-order chi connectivity index (χ1) is 26.2. The number of carbonyl (C=O) groups is 3. The van der Waals surface area contributed by atoms with Gasteiger partial charge in [0.15, 0.2) is 6.10 Å². The number of hydrogen-bond acceptors (Lipinski definition) is 6. The fourth-order valence-corrected chi connectivity index (χ4v) is 7.11. The van der Waals surface area contributed by atoms with Gasteiger partial charge in [-0.1, -0.05) is 221 Å². The molecule has 0 amide bonds. The van der Waals surface area contributed by atoms with Gasteiger partial charge in [-0.05, 0) is 31.1 Å². The third-order valence-corrected chi connectivity index (χ3v) is 10.7. The largest absolute Gasteiger partial charge is 0.462 e. The van der Waals surface area contributed by atoms with E-state index in [4.69, 9.17) is 14.2 Å². The maximum Gasteiger partial charge on any atom is 0.306 e. The SMILES string of the molecule is CCCCCCCC(=O)OC[C@@H](COC(=O)CCCCCCCCCCCCCCCCCCCCC(C)C)OC(=O)CCCCCCCCCC(C)C. The van der Waals surface area contributed by atoms with Crippen molar-refractivity contribution in [3.8, 4) is 0 Å². The van der Waals surface area contributed by atoms with Gasteiger partial charge in [0.1, 0.15) is 13.2 Å². The fourth-order valence-electron chi connectivity index (χ4n) is 7.11. The number of unbranched alkanes of at least 4 members (excludes halogenated alkanes) is 27. The van der Waals surface area contributed by atoms with Gasteiger partial charge in [-0.2, -0.15) is 0 Å². The van der Waals surface area contributed by atoms with Crippen molar-refractivity contribution in [2.75, 3.05) is 13.2 Å². The van der Waals surface area contributed by atoms with Gasteiger partial charge in [-0.15, -0.1) is 0 Å². The molecule has 0 saturated heterocycles. The summed E-state index contributed by atoms with van der Waals surface area (Å²) in [5, 5.41) is 0. The predicted molar refractivity (Wildman–Crippen MR) is 229 cm³/mol. The molecule has 0 aromatic rings. The Morgan fingerprint density at radius 1 is 0.352 bits per heavy atom. The minimum absolute atomic E-state index is 0.0661. The Kier molecular flexibility index (Phi) is 39.8. The second kappa shape index (κ2) is 41.1. The van der Waals surface area contributed by atoms with Crippen molar-refractivity contribution in [1.82, 2.24) is 0 Å². The van der Waals surface area contributed by atoms with E-state index >= 15 is 0 Å². The highest BCUT2D eigenvalue weighted by molar-refractivity contribution is 5.71. The number of hydrogen-bond donors (Lipinski definition) is 0. The van der Waals surface area contributed by atoms with Crippen LogP contribution < -0.4 is 0 Å². The van der Waals surface area contributed by atoms with Crippen LogP contribution in [-0.4, -0.2) is 37.2 Å². The lowest BCUT2D eigenvalue weighted by Crippen LogP contribution is -2.30. The lowest BCUT2D eigenvalue weighted by molar-refractivity contribution is -0.167. The summed E-state index contributed by atoms with van der Waals surface area (Å²) in [4.78, 5) is 37.4. The van der Waals surface area contributed by atoms with Crippen LogP contribution >= 0.6 is 0 Å². The van der Waals surface area contributed by atoms with E-state index in [2.05, 4.69) is 34.6 Å². The Morgan fingerprint density at radius 3 is 0.907 bits per heavy atom. The lowest BCUT2D eigenvalue weighted by atomic mass is 10.0. The Balaban J connectivity index is 4.04. The van der Waals surface area contributed by atoms with Crippen molar-refractivity contribution in [2.45, 2.75) is 265 Å². The highest BCUT2D eigenvalue weighted by Gasteiger charge is 2.19. The number of ether oxygens (including phenoxy) is 3. The van der Waals surface area contributed by atoms with E-state index in [1.54, 1.807) is 0 Å². The van der Waals surface area contributed by atoms with E-state index in [1.165, 1.54) is 141 Å². The van der Waals surface area contributed by atoms with Crippen molar-refractivity contribution in [3.05, 3.63) is 0 Å². The molecule has 0 bridgehead atoms. The highest BCUT2D eigenvalue weighted by Crippen LogP contribution is 2.17. The van der Waals surface area contributed by atoms with Crippen LogP contribution in [0.15, 0.2) is 0 Å². The third-order valence-electron chi connectivity index (χ3n) is 10.7. The predicted octanol–water partition coefficient (Wildman–Crippen LogP) is 15.0. The van der Waals surface area contributed by atoms with Crippen LogP contribution in [0.1, 0.15) is 259 Å². The molecule has 0 aliphatic carbocycles. The molecule has 0 saturated carbocycles. The zero-order chi connectivity index (χ0) is 39.7. The molecule has 0 fully saturated rings. The van der Waals surface area contributed by atoms with E-state index in [-0.39, 0.29) is 31.1 Å². The smallest absolute Gasteiger partial charge is 0.306 e. The first-order valence-electron chi connectivity index (χ1n) is 23.7. The van der Waals surface area contributed by atoms with Crippen molar-refractivity contribution in [2.24, 2.45) is 11.8 Å². The standard InChI is InChI=1S/C48H92O6/c1-6-7-8-26-33-38-46(49)52-41-45(54-48(51)40-35-30-25-21-23-28-32-37-44(4)5)42-53-47(50)39-34-29-24-20-18-16-14-12-10-9-11-13-15-17-19-22-27-31-36-43(2)3/h43-45H,6-42H2,1-5H3/t45-/m0/s1. The van der Waals surface area contributed by atoms with E-state index in [9.17, 15) is 14.4 Å². The molecule has 0 unspecified atom stereocenters. The molecule has 0 spiro atoms. The van der Waals surface area contributed by atoms with Gasteiger partial charge in [0, 0.05) is 19.3 Å². The van der Waals surface area contributed by atoms with Crippen molar-refractivity contribution >= 4 is 17.9 Å². The summed E-state index contributed by atoms with van der Waals surface area (Å²) >= 11 is 0. The van der Waals surface area contributed by atoms with E-state index in [0.717, 1.165) is 76.0 Å². The summed E-state index contributed by atoms with van der Waals surface area (Å²) in [5.41, 5.74) is 0. The summed E-state index contributed by atoms with van der Waals surface area (Å²) in [5.74, 6) is 0.765. The van der Waals surface area contributed by atoms with E-state index in [0.29, 0.717) is 19.3 Å². The van der Waals surface area contributed by atoms with Crippen molar-refractivity contribution in [3.63, 3.8) is 0 Å². The van der Waals surface area contributed by atoms with Gasteiger partial charge in [-0.25, -0.2) is 0 Å². The minimum atomic E-state index is -0.759. The number of carbonyl (C=O) groups excluding carboxylic acids is 3. The zero-order valence-electron chi connectivity index (χ0n) is 36.8. The summed E-state index contributed by atoms with van der Waals surface area (Å²) in [6, 6.07) is 0. The van der Waals surface area contributed by atoms with E-state index in [1.807, 2.05) is 0 Å². The summed E-state index contributed by atoms with van der Waals surface area (Å²) in [6.07, 6.45) is 40.0. The fraction of sp³-hybridized carbons (Fsp3) is 0.938. The molecular formula is C48H92O6. The average molecular weight is 765 g/mol. The average Bonchev–Trinajstić information content (AvgIpc) is 3.14. The van der Waals surface area contributed by atoms with Gasteiger partial charge in [-0.3, -0.25) is 14.4 Å². The number of esters is 3. The molecule has 0 heterocycles. The molecule has 0 radical (unpaired) electrons. The van der Waals surface area contributed by atoms with Crippen molar-refractivity contribution in [1.29, 1.82) is 0 Å². The van der Waals surface area contributed by atoms with Gasteiger partial charge in [0.25, 0.3) is 0 Å². The van der Waals surface area contributed by atoms with Gasteiger partial charge in [0.05, 0.1) is 0 Å². The topological polar surface area (TPSA) is 78.9 Å². The highest BCUT2D eigenvalue weighted by atomic mass is 16.6. The molecule has 0 aromatic heterocycles. The van der Waals surface area contributed by atoms with Gasteiger partial charge >= 0.3 is 17.9 Å². The molecule has 54 heavy (non-hydrogen) atoms. The third kappa shape index (κ3) is 41.6. The molecular weight excluding hydrogens is 673 g/mol. The molecule has 6 heteroatoms. The van der Waals surface area contributed by atoms with Crippen molar-refractivity contribution < 1.29 is 28.6 Å². The van der Waals surface area contributed by atoms with Crippen LogP contribution in [0.5, 0.6) is 0 Å². The van der Waals surface area contributed by atoms with Crippen LogP contribution in [0.4, 0.5) is 0 Å². The van der Waals surface area contributed by atoms with Crippen LogP contribution in [0.3, 0.4) is 0 Å². The minimum Gasteiger partial charge on any atom is -0.462 e. The second-order valence-corrected chi connectivity index (χ2v) is 17.3. The first kappa shape index (κ1) is 52.4. The zero-order valence-corrected chi connectivity index (χ0v) is 36.8. The molecule has 6 nitrogen and oxygen atoms in total. The van der Waals surface area contributed by atoms with Gasteiger partial charge in [0.2, 0.25) is 0 Å². The van der Waals surface area contributed by atoms with Crippen LogP contribution in [0.2, 0.25) is 0 Å². The Morgan fingerprint density at radius 2 is 0.611 bits per heavy atom. The molecule has 320 valence electrons. The maximum absolute atomic E-state index is 12.6. The normalized spacial score (nSPS) is 12.1. The Labute approximate surface area is 336 Å². The first-order valence-corrected chi connectivity index (χ1v) is 23.7. The van der Waals surface area contributed by atoms with E-state index < -0.39 is 6.10 Å². The molecule has 0 rings (SSSR count). The summed E-state index contributed by atoms with van der Waals surface area (Å²) in [6.45, 7) is 11.2. The second-order valence-electron chi connectivity index (χ2n) is 17.3. The monoisotopic (exact) mass is 765 g/mol. The molecule has 0 N–H and O–H groups in total. The Bertz CT molecular complexity index is 824. The molecule has 0 aliphatic rings. The van der Waals surface area contributed by atoms with Gasteiger partial charge < -0.3 is 14.2 Å². The van der Waals surface area contributed by atoms with Crippen LogP contribution in [-0.2, 0) is 28.6 Å².